The van der Waals surface area contributed by atoms with Crippen molar-refractivity contribution in [3.63, 3.8) is 0 Å². The van der Waals surface area contributed by atoms with Crippen molar-refractivity contribution in [1.29, 1.82) is 0 Å². The van der Waals surface area contributed by atoms with Crippen LogP contribution in [-0.4, -0.2) is 27.3 Å². The summed E-state index contributed by atoms with van der Waals surface area (Å²) in [6.45, 7) is 6.84. The van der Waals surface area contributed by atoms with Gasteiger partial charge in [-0.05, 0) is 23.8 Å². The Labute approximate surface area is 186 Å². The van der Waals surface area contributed by atoms with Gasteiger partial charge in [-0.2, -0.15) is 5.10 Å². The molecule has 2 aromatic carbocycles. The van der Waals surface area contributed by atoms with E-state index in [0.717, 1.165) is 28.3 Å². The molecule has 4 aromatic rings. The fraction of sp³-hybridized carbons (Fsp3) is 0.240. The van der Waals surface area contributed by atoms with Gasteiger partial charge in [0.1, 0.15) is 5.69 Å². The summed E-state index contributed by atoms with van der Waals surface area (Å²) < 4.78 is 12.4. The Bertz CT molecular complexity index is 1310. The second-order valence-electron chi connectivity index (χ2n) is 8.81. The van der Waals surface area contributed by atoms with E-state index in [1.165, 1.54) is 0 Å². The van der Waals surface area contributed by atoms with E-state index in [2.05, 4.69) is 26.1 Å². The number of hydrogen-bond acceptors (Lipinski definition) is 5. The molecule has 7 heteroatoms. The van der Waals surface area contributed by atoms with Gasteiger partial charge in [-0.15, -0.1) is 0 Å². The van der Waals surface area contributed by atoms with Crippen molar-refractivity contribution in [2.45, 2.75) is 32.7 Å². The first-order chi connectivity index (χ1) is 15.4. The fourth-order valence-electron chi connectivity index (χ4n) is 3.58. The molecule has 7 nitrogen and oxygen atoms in total. The van der Waals surface area contributed by atoms with Crippen LogP contribution in [0.15, 0.2) is 60.7 Å². The average Bonchev–Trinajstić information content (AvgIpc) is 3.43. The van der Waals surface area contributed by atoms with Crippen LogP contribution in [0.3, 0.4) is 0 Å². The van der Waals surface area contributed by atoms with E-state index in [0.29, 0.717) is 23.6 Å². The first-order valence-electron chi connectivity index (χ1n) is 10.5. The number of nitrogens with one attached hydrogen (secondary N) is 1. The Morgan fingerprint density at radius 2 is 1.81 bits per heavy atom. The first kappa shape index (κ1) is 20.1. The number of aromatic nitrogens is 3. The Morgan fingerprint density at radius 3 is 2.59 bits per heavy atom. The lowest BCUT2D eigenvalue weighted by molar-refractivity contribution is 0.0943. The topological polar surface area (TPSA) is 77.8 Å². The lowest BCUT2D eigenvalue weighted by Crippen LogP contribution is -2.26. The number of ether oxygens (including phenoxy) is 2. The number of rotatable bonds is 4. The van der Waals surface area contributed by atoms with Gasteiger partial charge < -0.3 is 14.8 Å². The van der Waals surface area contributed by atoms with Crippen molar-refractivity contribution >= 4 is 11.6 Å². The summed E-state index contributed by atoms with van der Waals surface area (Å²) in [5.41, 5.74) is 4.38. The maximum Gasteiger partial charge on any atom is 0.270 e. The third-order valence-corrected chi connectivity index (χ3v) is 5.39. The molecule has 0 atom stereocenters. The molecule has 162 valence electrons. The van der Waals surface area contributed by atoms with Crippen LogP contribution in [0.25, 0.3) is 16.9 Å². The second kappa shape index (κ2) is 7.67. The van der Waals surface area contributed by atoms with Crippen molar-refractivity contribution in [3.05, 3.63) is 77.6 Å². The van der Waals surface area contributed by atoms with E-state index >= 15 is 0 Å². The summed E-state index contributed by atoms with van der Waals surface area (Å²) in [6.07, 6.45) is 0. The van der Waals surface area contributed by atoms with Crippen LogP contribution in [0.4, 0.5) is 0 Å². The van der Waals surface area contributed by atoms with Crippen molar-refractivity contribution in [1.82, 2.24) is 19.9 Å². The Hall–Kier alpha value is -3.87. The molecule has 0 saturated carbocycles. The highest BCUT2D eigenvalue weighted by atomic mass is 16.7. The van der Waals surface area contributed by atoms with Crippen molar-refractivity contribution in [2.24, 2.45) is 0 Å². The third-order valence-electron chi connectivity index (χ3n) is 5.39. The molecule has 0 fully saturated rings. The SMILES string of the molecule is CC(C)(C)c1cc2nc(-c3ccccc3)cc(C(=O)NCc3ccc4c(c3)OCO4)n2n1. The van der Waals surface area contributed by atoms with Crippen LogP contribution in [0.1, 0.15) is 42.5 Å². The van der Waals surface area contributed by atoms with Gasteiger partial charge >= 0.3 is 0 Å². The standard InChI is InChI=1S/C25H24N4O3/c1-25(2,3)22-13-23-27-18(17-7-5-4-6-8-17)12-19(29(23)28-22)24(30)26-14-16-9-10-20-21(11-16)32-15-31-20/h4-13H,14-15H2,1-3H3,(H,26,30). The van der Waals surface area contributed by atoms with Crippen LogP contribution < -0.4 is 14.8 Å². The molecule has 32 heavy (non-hydrogen) atoms. The Morgan fingerprint density at radius 1 is 1.03 bits per heavy atom. The van der Waals surface area contributed by atoms with Crippen LogP contribution >= 0.6 is 0 Å². The maximum atomic E-state index is 13.3. The number of carbonyl (C=O) groups excluding carboxylic acids is 1. The van der Waals surface area contributed by atoms with Gasteiger partial charge in [0.2, 0.25) is 6.79 Å². The predicted molar refractivity (Wildman–Crippen MR) is 121 cm³/mol. The molecule has 1 aliphatic heterocycles. The maximum absolute atomic E-state index is 13.3. The monoisotopic (exact) mass is 428 g/mol. The minimum Gasteiger partial charge on any atom is -0.454 e. The summed E-state index contributed by atoms with van der Waals surface area (Å²) in [5.74, 6) is 1.18. The number of hydrogen-bond donors (Lipinski definition) is 1. The number of nitrogens with zero attached hydrogens (tertiary/aromatic N) is 3. The lowest BCUT2D eigenvalue weighted by Gasteiger charge is -2.13. The predicted octanol–water partition coefficient (Wildman–Crippen LogP) is 4.35. The zero-order valence-electron chi connectivity index (χ0n) is 18.3. The molecule has 1 amide bonds. The lowest BCUT2D eigenvalue weighted by atomic mass is 9.93. The van der Waals surface area contributed by atoms with Gasteiger partial charge in [0.05, 0.1) is 11.4 Å². The molecule has 0 spiro atoms. The van der Waals surface area contributed by atoms with E-state index in [1.54, 1.807) is 10.6 Å². The molecule has 3 heterocycles. The number of amides is 1. The van der Waals surface area contributed by atoms with Crippen LogP contribution in [0.2, 0.25) is 0 Å². The van der Waals surface area contributed by atoms with Gasteiger partial charge in [0.15, 0.2) is 17.1 Å². The minimum atomic E-state index is -0.226. The third kappa shape index (κ3) is 3.77. The molecule has 2 aromatic heterocycles. The summed E-state index contributed by atoms with van der Waals surface area (Å²) in [7, 11) is 0. The summed E-state index contributed by atoms with van der Waals surface area (Å²) >= 11 is 0. The number of fused-ring (bicyclic) bond motifs is 2. The molecule has 0 radical (unpaired) electrons. The first-order valence-corrected chi connectivity index (χ1v) is 10.5. The van der Waals surface area contributed by atoms with Gasteiger partial charge in [-0.1, -0.05) is 57.2 Å². The highest BCUT2D eigenvalue weighted by Crippen LogP contribution is 2.32. The quantitative estimate of drug-likeness (QED) is 0.523. The molecular formula is C25H24N4O3. The van der Waals surface area contributed by atoms with Crippen LogP contribution in [-0.2, 0) is 12.0 Å². The van der Waals surface area contributed by atoms with E-state index < -0.39 is 0 Å². The molecule has 0 unspecified atom stereocenters. The van der Waals surface area contributed by atoms with Crippen LogP contribution in [0, 0.1) is 0 Å². The van der Waals surface area contributed by atoms with Gasteiger partial charge in [0, 0.05) is 23.6 Å². The number of benzene rings is 2. The molecule has 0 saturated heterocycles. The summed E-state index contributed by atoms with van der Waals surface area (Å²) in [6, 6.07) is 19.2. The highest BCUT2D eigenvalue weighted by molar-refractivity contribution is 5.94. The summed E-state index contributed by atoms with van der Waals surface area (Å²) in [4.78, 5) is 18.0. The van der Waals surface area contributed by atoms with Gasteiger partial charge in [-0.3, -0.25) is 4.79 Å². The van der Waals surface area contributed by atoms with Crippen molar-refractivity contribution in [2.75, 3.05) is 6.79 Å². The molecule has 1 N–H and O–H groups in total. The van der Waals surface area contributed by atoms with E-state index in [9.17, 15) is 4.79 Å². The Balaban J connectivity index is 1.50. The number of carbonyl (C=O) groups is 1. The molecular weight excluding hydrogens is 404 g/mol. The van der Waals surface area contributed by atoms with E-state index in [-0.39, 0.29) is 18.1 Å². The Kier molecular flexibility index (Phi) is 4.81. The largest absolute Gasteiger partial charge is 0.454 e. The van der Waals surface area contributed by atoms with E-state index in [4.69, 9.17) is 19.6 Å². The summed E-state index contributed by atoms with van der Waals surface area (Å²) in [5, 5.41) is 7.70. The highest BCUT2D eigenvalue weighted by Gasteiger charge is 2.22. The van der Waals surface area contributed by atoms with E-state index in [1.807, 2.05) is 54.6 Å². The van der Waals surface area contributed by atoms with Gasteiger partial charge in [-0.25, -0.2) is 9.50 Å². The fourth-order valence-corrected chi connectivity index (χ4v) is 3.58. The van der Waals surface area contributed by atoms with Crippen molar-refractivity contribution in [3.8, 4) is 22.8 Å². The minimum absolute atomic E-state index is 0.166. The van der Waals surface area contributed by atoms with Gasteiger partial charge in [0.25, 0.3) is 5.91 Å². The normalized spacial score (nSPS) is 12.8. The smallest absolute Gasteiger partial charge is 0.270 e. The van der Waals surface area contributed by atoms with Crippen LogP contribution in [0.5, 0.6) is 11.5 Å². The average molecular weight is 428 g/mol. The zero-order chi connectivity index (χ0) is 22.3. The second-order valence-corrected chi connectivity index (χ2v) is 8.81. The molecule has 0 aliphatic carbocycles. The molecule has 0 bridgehead atoms. The zero-order valence-corrected chi connectivity index (χ0v) is 18.3. The van der Waals surface area contributed by atoms with Crippen molar-refractivity contribution < 1.29 is 14.3 Å². The molecule has 1 aliphatic rings. The molecule has 5 rings (SSSR count).